The van der Waals surface area contributed by atoms with Crippen molar-refractivity contribution in [2.75, 3.05) is 6.67 Å². The molecule has 1 atom stereocenters. The molecular weight excluding hydrogens is 137 g/mol. The van der Waals surface area contributed by atoms with E-state index < -0.39 is 24.1 Å². The van der Waals surface area contributed by atoms with Crippen LogP contribution < -0.4 is 5.73 Å². The van der Waals surface area contributed by atoms with Gasteiger partial charge in [-0.2, -0.15) is 0 Å². The standard InChI is InChI=1S/C6H12FNO2/c1-4(2)6(8,3-7)5(9)10/h4H,3,8H2,1-2H3,(H,9,10). The average Bonchev–Trinajstić information content (AvgIpc) is 1.85. The first-order valence-electron chi connectivity index (χ1n) is 3.03. The van der Waals surface area contributed by atoms with Crippen LogP contribution in [0.15, 0.2) is 0 Å². The van der Waals surface area contributed by atoms with Gasteiger partial charge in [0.05, 0.1) is 0 Å². The van der Waals surface area contributed by atoms with Crippen molar-refractivity contribution in [2.24, 2.45) is 11.7 Å². The molecule has 4 heteroatoms. The number of carbonyl (C=O) groups is 1. The Morgan fingerprint density at radius 1 is 1.80 bits per heavy atom. The molecule has 3 N–H and O–H groups in total. The molecule has 1 unspecified atom stereocenters. The van der Waals surface area contributed by atoms with Gasteiger partial charge in [-0.1, -0.05) is 13.8 Å². The molecule has 0 aliphatic rings. The van der Waals surface area contributed by atoms with Crippen LogP contribution in [0.1, 0.15) is 13.8 Å². The molecule has 60 valence electrons. The summed E-state index contributed by atoms with van der Waals surface area (Å²) in [4.78, 5) is 10.3. The van der Waals surface area contributed by atoms with E-state index in [4.69, 9.17) is 10.8 Å². The molecule has 0 saturated carbocycles. The summed E-state index contributed by atoms with van der Waals surface area (Å²) in [6, 6.07) is 0. The molecule has 0 fully saturated rings. The third-order valence-corrected chi connectivity index (χ3v) is 1.65. The summed E-state index contributed by atoms with van der Waals surface area (Å²) in [5.74, 6) is -1.68. The Morgan fingerprint density at radius 2 is 2.20 bits per heavy atom. The van der Waals surface area contributed by atoms with Gasteiger partial charge >= 0.3 is 5.97 Å². The lowest BCUT2D eigenvalue weighted by atomic mass is 9.89. The summed E-state index contributed by atoms with van der Waals surface area (Å²) < 4.78 is 12.0. The summed E-state index contributed by atoms with van der Waals surface area (Å²) in [5.41, 5.74) is 3.50. The Bertz CT molecular complexity index is 138. The van der Waals surface area contributed by atoms with E-state index >= 15 is 0 Å². The van der Waals surface area contributed by atoms with Crippen molar-refractivity contribution < 1.29 is 14.3 Å². The monoisotopic (exact) mass is 149 g/mol. The van der Waals surface area contributed by atoms with E-state index in [9.17, 15) is 9.18 Å². The topological polar surface area (TPSA) is 63.3 Å². The zero-order chi connectivity index (χ0) is 8.36. The number of carboxylic acid groups (broad SMARTS) is 1. The smallest absolute Gasteiger partial charge is 0.326 e. The van der Waals surface area contributed by atoms with Gasteiger partial charge in [-0.25, -0.2) is 4.39 Å². The molecule has 0 spiro atoms. The van der Waals surface area contributed by atoms with Crippen molar-refractivity contribution in [1.29, 1.82) is 0 Å². The maximum Gasteiger partial charge on any atom is 0.326 e. The first-order valence-corrected chi connectivity index (χ1v) is 3.03. The van der Waals surface area contributed by atoms with E-state index in [1.165, 1.54) is 0 Å². The van der Waals surface area contributed by atoms with Crippen LogP contribution in [0.2, 0.25) is 0 Å². The van der Waals surface area contributed by atoms with Gasteiger partial charge in [-0.05, 0) is 5.92 Å². The number of hydrogen-bond acceptors (Lipinski definition) is 2. The molecule has 0 bridgehead atoms. The molecule has 10 heavy (non-hydrogen) atoms. The number of rotatable bonds is 3. The largest absolute Gasteiger partial charge is 0.480 e. The van der Waals surface area contributed by atoms with Crippen LogP contribution in [-0.4, -0.2) is 23.3 Å². The van der Waals surface area contributed by atoms with Crippen LogP contribution in [-0.2, 0) is 4.79 Å². The van der Waals surface area contributed by atoms with Gasteiger partial charge in [-0.15, -0.1) is 0 Å². The van der Waals surface area contributed by atoms with Crippen molar-refractivity contribution >= 4 is 5.97 Å². The molecule has 0 aliphatic carbocycles. The number of alkyl halides is 1. The lowest BCUT2D eigenvalue weighted by Crippen LogP contribution is -2.54. The second-order valence-electron chi connectivity index (χ2n) is 2.63. The molecule has 0 rings (SSSR count). The van der Waals surface area contributed by atoms with E-state index in [2.05, 4.69) is 0 Å². The maximum atomic E-state index is 12.0. The lowest BCUT2D eigenvalue weighted by Gasteiger charge is -2.24. The number of nitrogens with two attached hydrogens (primary N) is 1. The highest BCUT2D eigenvalue weighted by molar-refractivity contribution is 5.79. The number of aliphatic carboxylic acids is 1. The molecule has 0 radical (unpaired) electrons. The van der Waals surface area contributed by atoms with Crippen LogP contribution >= 0.6 is 0 Å². The first-order chi connectivity index (χ1) is 4.45. The fourth-order valence-electron chi connectivity index (χ4n) is 0.458. The lowest BCUT2D eigenvalue weighted by molar-refractivity contribution is -0.145. The van der Waals surface area contributed by atoms with Crippen LogP contribution in [0.3, 0.4) is 0 Å². The second kappa shape index (κ2) is 2.96. The molecule has 0 amide bonds. The predicted molar refractivity (Wildman–Crippen MR) is 35.4 cm³/mol. The summed E-state index contributed by atoms with van der Waals surface area (Å²) >= 11 is 0. The number of halogens is 1. The minimum atomic E-state index is -1.71. The summed E-state index contributed by atoms with van der Waals surface area (Å²) in [5, 5.41) is 8.44. The Labute approximate surface area is 59.0 Å². The predicted octanol–water partition coefficient (Wildman–Crippen LogP) is 0.394. The minimum Gasteiger partial charge on any atom is -0.480 e. The highest BCUT2D eigenvalue weighted by Crippen LogP contribution is 2.14. The molecule has 0 aromatic carbocycles. The van der Waals surface area contributed by atoms with Crippen molar-refractivity contribution in [3.05, 3.63) is 0 Å². The van der Waals surface area contributed by atoms with E-state index in [0.29, 0.717) is 0 Å². The third kappa shape index (κ3) is 1.44. The summed E-state index contributed by atoms with van der Waals surface area (Å²) in [6.45, 7) is 2.13. The summed E-state index contributed by atoms with van der Waals surface area (Å²) in [6.07, 6.45) is 0. The van der Waals surface area contributed by atoms with Gasteiger partial charge in [0.25, 0.3) is 0 Å². The Balaban J connectivity index is 4.38. The van der Waals surface area contributed by atoms with Crippen LogP contribution in [0.25, 0.3) is 0 Å². The van der Waals surface area contributed by atoms with E-state index in [-0.39, 0.29) is 0 Å². The Kier molecular flexibility index (Phi) is 2.77. The van der Waals surface area contributed by atoms with Crippen molar-refractivity contribution in [3.63, 3.8) is 0 Å². The molecular formula is C6H12FNO2. The van der Waals surface area contributed by atoms with Gasteiger partial charge in [0, 0.05) is 0 Å². The van der Waals surface area contributed by atoms with Crippen molar-refractivity contribution in [3.8, 4) is 0 Å². The van der Waals surface area contributed by atoms with Gasteiger partial charge in [0.2, 0.25) is 0 Å². The quantitative estimate of drug-likeness (QED) is 0.610. The average molecular weight is 149 g/mol. The molecule has 0 heterocycles. The Morgan fingerprint density at radius 3 is 2.20 bits per heavy atom. The molecule has 3 nitrogen and oxygen atoms in total. The number of carboxylic acids is 1. The van der Waals surface area contributed by atoms with Crippen molar-refractivity contribution in [2.45, 2.75) is 19.4 Å². The molecule has 0 aromatic rings. The summed E-state index contributed by atoms with van der Waals surface area (Å²) in [7, 11) is 0. The molecule has 0 saturated heterocycles. The maximum absolute atomic E-state index is 12.0. The van der Waals surface area contributed by atoms with Gasteiger partial charge in [0.15, 0.2) is 0 Å². The minimum absolute atomic E-state index is 0.394. The van der Waals surface area contributed by atoms with Gasteiger partial charge in [0.1, 0.15) is 12.2 Å². The fraction of sp³-hybridized carbons (Fsp3) is 0.833. The highest BCUT2D eigenvalue weighted by Gasteiger charge is 2.37. The fourth-order valence-corrected chi connectivity index (χ4v) is 0.458. The Hall–Kier alpha value is -0.640. The number of hydrogen-bond donors (Lipinski definition) is 2. The van der Waals surface area contributed by atoms with Gasteiger partial charge < -0.3 is 10.8 Å². The second-order valence-corrected chi connectivity index (χ2v) is 2.63. The molecule has 0 aliphatic heterocycles. The van der Waals surface area contributed by atoms with E-state index in [0.717, 1.165) is 0 Å². The van der Waals surface area contributed by atoms with Crippen LogP contribution in [0, 0.1) is 5.92 Å². The normalized spacial score (nSPS) is 16.9. The van der Waals surface area contributed by atoms with E-state index in [1.54, 1.807) is 13.8 Å². The van der Waals surface area contributed by atoms with E-state index in [1.807, 2.05) is 0 Å². The zero-order valence-electron chi connectivity index (χ0n) is 6.10. The SMILES string of the molecule is CC(C)C(N)(CF)C(=O)O. The van der Waals surface area contributed by atoms with Crippen molar-refractivity contribution in [1.82, 2.24) is 0 Å². The molecule has 0 aromatic heterocycles. The van der Waals surface area contributed by atoms with Crippen LogP contribution in [0.4, 0.5) is 4.39 Å². The van der Waals surface area contributed by atoms with Gasteiger partial charge in [-0.3, -0.25) is 4.79 Å². The first kappa shape index (κ1) is 9.36. The van der Waals surface area contributed by atoms with Crippen LogP contribution in [0.5, 0.6) is 0 Å². The zero-order valence-corrected chi connectivity index (χ0v) is 6.10. The highest BCUT2D eigenvalue weighted by atomic mass is 19.1. The third-order valence-electron chi connectivity index (χ3n) is 1.65.